The van der Waals surface area contributed by atoms with E-state index >= 15 is 0 Å². The third-order valence-electron chi connectivity index (χ3n) is 5.03. The van der Waals surface area contributed by atoms with E-state index in [0.29, 0.717) is 11.9 Å². The van der Waals surface area contributed by atoms with Crippen LogP contribution in [0.5, 0.6) is 0 Å². The second kappa shape index (κ2) is 6.01. The van der Waals surface area contributed by atoms with Gasteiger partial charge >= 0.3 is 0 Å². The molecular weight excluding hydrogens is 332 g/mol. The maximum Gasteiger partial charge on any atom is 0.243 e. The molecule has 1 aliphatic rings. The average Bonchev–Trinajstić information content (AvgIpc) is 3.21. The highest BCUT2D eigenvalue weighted by molar-refractivity contribution is 5.48. The van der Waals surface area contributed by atoms with Gasteiger partial charge in [-0.3, -0.25) is 4.90 Å². The summed E-state index contributed by atoms with van der Waals surface area (Å²) in [4.78, 5) is 8.68. The van der Waals surface area contributed by atoms with Crippen LogP contribution in [0.25, 0.3) is 5.65 Å². The van der Waals surface area contributed by atoms with Crippen molar-refractivity contribution in [3.05, 3.63) is 30.2 Å². The molecule has 0 saturated carbocycles. The van der Waals surface area contributed by atoms with Gasteiger partial charge in [0.1, 0.15) is 5.82 Å². The first-order chi connectivity index (χ1) is 12.3. The minimum Gasteiger partial charge on any atom is -0.352 e. The van der Waals surface area contributed by atoms with Crippen LogP contribution in [-0.4, -0.2) is 61.0 Å². The molecule has 4 heterocycles. The van der Waals surface area contributed by atoms with Crippen molar-refractivity contribution in [1.29, 1.82) is 0 Å². The molecule has 4 rings (SSSR count). The second-order valence-corrected chi connectivity index (χ2v) is 7.91. The van der Waals surface area contributed by atoms with Gasteiger partial charge in [-0.05, 0) is 26.1 Å². The van der Waals surface area contributed by atoms with Crippen LogP contribution in [0, 0.1) is 0 Å². The van der Waals surface area contributed by atoms with E-state index < -0.39 is 0 Å². The molecule has 1 fully saturated rings. The van der Waals surface area contributed by atoms with Gasteiger partial charge in [0.25, 0.3) is 0 Å². The highest BCUT2D eigenvalue weighted by atomic mass is 16.5. The van der Waals surface area contributed by atoms with E-state index in [2.05, 4.69) is 64.9 Å². The molecule has 0 aromatic carbocycles. The van der Waals surface area contributed by atoms with E-state index in [4.69, 9.17) is 9.62 Å². The van der Waals surface area contributed by atoms with Crippen LogP contribution >= 0.6 is 0 Å². The van der Waals surface area contributed by atoms with E-state index in [-0.39, 0.29) is 11.5 Å². The summed E-state index contributed by atoms with van der Waals surface area (Å²) in [6, 6.07) is 4.49. The van der Waals surface area contributed by atoms with Crippen LogP contribution in [0.2, 0.25) is 0 Å². The van der Waals surface area contributed by atoms with Gasteiger partial charge in [-0.2, -0.15) is 9.50 Å². The smallest absolute Gasteiger partial charge is 0.243 e. The maximum atomic E-state index is 5.19. The molecule has 3 aromatic heterocycles. The number of nitrogens with zero attached hydrogens (tertiary/aromatic N) is 8. The topological polar surface area (TPSA) is 88.5 Å². The van der Waals surface area contributed by atoms with E-state index in [1.165, 1.54) is 6.33 Å². The van der Waals surface area contributed by atoms with Crippen molar-refractivity contribution in [2.75, 3.05) is 25.0 Å². The Labute approximate surface area is 152 Å². The van der Waals surface area contributed by atoms with Gasteiger partial charge in [0.05, 0.1) is 6.04 Å². The summed E-state index contributed by atoms with van der Waals surface area (Å²) in [5.41, 5.74) is 0.667. The van der Waals surface area contributed by atoms with Crippen LogP contribution in [0.3, 0.4) is 0 Å². The Kier molecular flexibility index (Phi) is 3.91. The summed E-state index contributed by atoms with van der Waals surface area (Å²) in [6.45, 7) is 10.2. The Morgan fingerprint density at radius 3 is 2.65 bits per heavy atom. The predicted molar refractivity (Wildman–Crippen MR) is 96.0 cm³/mol. The zero-order valence-corrected chi connectivity index (χ0v) is 15.8. The highest BCUT2D eigenvalue weighted by Gasteiger charge is 2.35. The Balaban J connectivity index is 1.48. The van der Waals surface area contributed by atoms with Crippen molar-refractivity contribution in [3.8, 4) is 0 Å². The summed E-state index contributed by atoms with van der Waals surface area (Å²) >= 11 is 0. The van der Waals surface area contributed by atoms with Gasteiger partial charge in [0, 0.05) is 24.5 Å². The molecule has 9 nitrogen and oxygen atoms in total. The lowest BCUT2D eigenvalue weighted by atomic mass is 9.96. The van der Waals surface area contributed by atoms with Crippen molar-refractivity contribution < 1.29 is 4.52 Å². The number of likely N-dealkylation sites (N-methyl/N-ethyl adjacent to an activating group) is 1. The standard InChI is InChI=1S/C17H24N8O/c1-11(15-18-10-19-26-15)23(5)12-8-24(9-12)14-7-6-13-20-21-16(17(2,3)4)25(13)22-14/h6-7,10-12H,8-9H2,1-5H3. The monoisotopic (exact) mass is 356 g/mol. The SMILES string of the molecule is CC(c1ncno1)N(C)C1CN(c2ccc3nnc(C(C)(C)C)n3n2)C1. The zero-order chi connectivity index (χ0) is 18.5. The second-order valence-electron chi connectivity index (χ2n) is 7.91. The van der Waals surface area contributed by atoms with E-state index in [1.807, 2.05) is 16.6 Å². The molecule has 0 bridgehead atoms. The highest BCUT2D eigenvalue weighted by Crippen LogP contribution is 2.27. The van der Waals surface area contributed by atoms with Crippen molar-refractivity contribution in [2.24, 2.45) is 0 Å². The lowest BCUT2D eigenvalue weighted by molar-refractivity contribution is 0.131. The van der Waals surface area contributed by atoms with Gasteiger partial charge in [-0.15, -0.1) is 15.3 Å². The van der Waals surface area contributed by atoms with Crippen LogP contribution in [-0.2, 0) is 5.41 Å². The minimum atomic E-state index is -0.109. The average molecular weight is 356 g/mol. The molecule has 9 heteroatoms. The van der Waals surface area contributed by atoms with Gasteiger partial charge in [0.15, 0.2) is 17.8 Å². The fourth-order valence-corrected chi connectivity index (χ4v) is 3.17. The van der Waals surface area contributed by atoms with Crippen molar-refractivity contribution in [1.82, 2.24) is 34.9 Å². The summed E-state index contributed by atoms with van der Waals surface area (Å²) in [5, 5.41) is 17.0. The lowest BCUT2D eigenvalue weighted by Gasteiger charge is -2.45. The number of fused-ring (bicyclic) bond motifs is 1. The van der Waals surface area contributed by atoms with Gasteiger partial charge < -0.3 is 9.42 Å². The largest absolute Gasteiger partial charge is 0.352 e. The molecule has 0 amide bonds. The molecule has 26 heavy (non-hydrogen) atoms. The quantitative estimate of drug-likeness (QED) is 0.698. The van der Waals surface area contributed by atoms with Gasteiger partial charge in [-0.1, -0.05) is 25.9 Å². The summed E-state index contributed by atoms with van der Waals surface area (Å²) in [5.74, 6) is 2.45. The van der Waals surface area contributed by atoms with E-state index in [1.54, 1.807) is 0 Å². The Bertz CT molecular complexity index is 891. The van der Waals surface area contributed by atoms with Crippen LogP contribution < -0.4 is 4.90 Å². The van der Waals surface area contributed by atoms with Crippen molar-refractivity contribution in [3.63, 3.8) is 0 Å². The van der Waals surface area contributed by atoms with E-state index in [0.717, 1.165) is 30.4 Å². The van der Waals surface area contributed by atoms with Crippen LogP contribution in [0.1, 0.15) is 45.5 Å². The lowest BCUT2D eigenvalue weighted by Crippen LogP contribution is -2.59. The molecule has 1 atom stereocenters. The Morgan fingerprint density at radius 1 is 1.23 bits per heavy atom. The number of rotatable bonds is 4. The fraction of sp³-hybridized carbons (Fsp3) is 0.588. The predicted octanol–water partition coefficient (Wildman–Crippen LogP) is 1.69. The van der Waals surface area contributed by atoms with Crippen LogP contribution in [0.15, 0.2) is 23.0 Å². The van der Waals surface area contributed by atoms with Crippen molar-refractivity contribution in [2.45, 2.75) is 45.2 Å². The Morgan fingerprint density at radius 2 is 2.00 bits per heavy atom. The molecule has 1 saturated heterocycles. The first kappa shape index (κ1) is 16.9. The normalized spacial score (nSPS) is 17.1. The first-order valence-electron chi connectivity index (χ1n) is 8.81. The summed E-state index contributed by atoms with van der Waals surface area (Å²) < 4.78 is 7.04. The van der Waals surface area contributed by atoms with Gasteiger partial charge in [0.2, 0.25) is 5.89 Å². The molecule has 1 aliphatic heterocycles. The molecule has 0 radical (unpaired) electrons. The Hall–Kier alpha value is -2.55. The molecular formula is C17H24N8O. The third kappa shape index (κ3) is 2.82. The molecule has 0 N–H and O–H groups in total. The van der Waals surface area contributed by atoms with Crippen LogP contribution in [0.4, 0.5) is 5.82 Å². The minimum absolute atomic E-state index is 0.0884. The molecule has 0 spiro atoms. The first-order valence-corrected chi connectivity index (χ1v) is 8.81. The van der Waals surface area contributed by atoms with Crippen molar-refractivity contribution >= 4 is 11.5 Å². The molecule has 0 aliphatic carbocycles. The maximum absolute atomic E-state index is 5.19. The molecule has 138 valence electrons. The summed E-state index contributed by atoms with van der Waals surface area (Å²) in [6.07, 6.45) is 1.44. The van der Waals surface area contributed by atoms with Gasteiger partial charge in [-0.25, -0.2) is 0 Å². The summed E-state index contributed by atoms with van der Waals surface area (Å²) in [7, 11) is 2.09. The number of anilines is 1. The number of hydrogen-bond donors (Lipinski definition) is 0. The number of hydrogen-bond acceptors (Lipinski definition) is 8. The van der Waals surface area contributed by atoms with E-state index in [9.17, 15) is 0 Å². The number of aromatic nitrogens is 6. The fourth-order valence-electron chi connectivity index (χ4n) is 3.17. The molecule has 3 aromatic rings. The zero-order valence-electron chi connectivity index (χ0n) is 15.8. The third-order valence-corrected chi connectivity index (χ3v) is 5.03. The molecule has 1 unspecified atom stereocenters.